The monoisotopic (exact) mass is 460 g/mol. The second-order valence-corrected chi connectivity index (χ2v) is 8.57. The second-order valence-electron chi connectivity index (χ2n) is 8.57. The van der Waals surface area contributed by atoms with E-state index in [2.05, 4.69) is 19.9 Å². The zero-order valence-electron chi connectivity index (χ0n) is 20.8. The predicted molar refractivity (Wildman–Crippen MR) is 139 cm³/mol. The van der Waals surface area contributed by atoms with Gasteiger partial charge in [0.15, 0.2) is 0 Å². The molecule has 5 heteroatoms. The van der Waals surface area contributed by atoms with Gasteiger partial charge in [-0.2, -0.15) is 5.10 Å². The molecule has 0 unspecified atom stereocenters. The lowest BCUT2D eigenvalue weighted by atomic mass is 9.97. The summed E-state index contributed by atoms with van der Waals surface area (Å²) in [6.07, 6.45) is 7.84. The number of aryl methyl sites for hydroxylation is 2. The van der Waals surface area contributed by atoms with Gasteiger partial charge in [0.1, 0.15) is 5.75 Å². The lowest BCUT2D eigenvalue weighted by molar-refractivity contribution is 0.0525. The van der Waals surface area contributed by atoms with Crippen LogP contribution < -0.4 is 0 Å². The second kappa shape index (κ2) is 12.2. The van der Waals surface area contributed by atoms with Crippen LogP contribution in [-0.4, -0.2) is 28.6 Å². The van der Waals surface area contributed by atoms with Crippen molar-refractivity contribution in [1.82, 2.24) is 4.68 Å². The third-order valence-electron chi connectivity index (χ3n) is 5.99. The smallest absolute Gasteiger partial charge is 0.340 e. The van der Waals surface area contributed by atoms with Gasteiger partial charge in [-0.15, -0.1) is 0 Å². The van der Waals surface area contributed by atoms with Crippen LogP contribution in [0.25, 0.3) is 11.3 Å². The van der Waals surface area contributed by atoms with Gasteiger partial charge in [-0.25, -0.2) is 9.47 Å². The summed E-state index contributed by atoms with van der Waals surface area (Å²) in [6.45, 7) is 8.31. The highest BCUT2D eigenvalue weighted by atomic mass is 16.5. The van der Waals surface area contributed by atoms with Gasteiger partial charge >= 0.3 is 5.97 Å². The molecule has 0 aliphatic rings. The number of benzene rings is 2. The first-order valence-corrected chi connectivity index (χ1v) is 12.3. The Morgan fingerprint density at radius 1 is 1.03 bits per heavy atom. The Balaban J connectivity index is 2.08. The summed E-state index contributed by atoms with van der Waals surface area (Å²) in [5, 5.41) is 15.7. The highest BCUT2D eigenvalue weighted by Gasteiger charge is 2.19. The number of hydrogen-bond acceptors (Lipinski definition) is 4. The molecule has 0 bridgehead atoms. The van der Waals surface area contributed by atoms with Gasteiger partial charge in [-0.05, 0) is 62.8 Å². The number of unbranched alkanes of at least 4 members (excludes halogenated alkanes) is 2. The van der Waals surface area contributed by atoms with Crippen molar-refractivity contribution in [3.8, 4) is 17.0 Å². The van der Waals surface area contributed by atoms with E-state index in [9.17, 15) is 9.90 Å². The molecule has 3 aromatic rings. The standard InChI is InChI=1S/C29H36N2O3/c1-5-8-13-22-17-24(14-9-6-2)28(32)25(18-22)20-30-31-21(4)26(29(33)34-7-3)19-27(31)23-15-11-10-12-16-23/h10-12,15-20,32H,5-9,13-14H2,1-4H3/b30-20+. The van der Waals surface area contributed by atoms with Crippen molar-refractivity contribution in [3.05, 3.63) is 76.5 Å². The molecule has 0 fully saturated rings. The van der Waals surface area contributed by atoms with Crippen molar-refractivity contribution < 1.29 is 14.6 Å². The number of hydrogen-bond donors (Lipinski definition) is 1. The molecule has 3 rings (SSSR count). The SMILES string of the molecule is CCCCc1cc(/C=N/n2c(-c3ccccc3)cc(C(=O)OCC)c2C)c(O)c(CCCC)c1. The molecule has 0 spiro atoms. The fourth-order valence-electron chi connectivity index (χ4n) is 4.06. The van der Waals surface area contributed by atoms with Crippen LogP contribution in [0.3, 0.4) is 0 Å². The number of rotatable bonds is 11. The maximum absolute atomic E-state index is 12.6. The molecule has 180 valence electrons. The molecule has 34 heavy (non-hydrogen) atoms. The van der Waals surface area contributed by atoms with Crippen molar-refractivity contribution >= 4 is 12.2 Å². The van der Waals surface area contributed by atoms with Crippen LogP contribution >= 0.6 is 0 Å². The molecule has 5 nitrogen and oxygen atoms in total. The van der Waals surface area contributed by atoms with E-state index in [0.29, 0.717) is 23.4 Å². The van der Waals surface area contributed by atoms with Crippen molar-refractivity contribution in [2.75, 3.05) is 6.61 Å². The van der Waals surface area contributed by atoms with Crippen LogP contribution in [0.4, 0.5) is 0 Å². The minimum absolute atomic E-state index is 0.286. The number of aromatic nitrogens is 1. The Kier molecular flexibility index (Phi) is 9.08. The molecule has 0 radical (unpaired) electrons. The number of aromatic hydroxyl groups is 1. The van der Waals surface area contributed by atoms with E-state index in [1.807, 2.05) is 49.4 Å². The maximum atomic E-state index is 12.6. The zero-order valence-corrected chi connectivity index (χ0v) is 20.8. The number of phenolic OH excluding ortho intramolecular Hbond substituents is 1. The van der Waals surface area contributed by atoms with E-state index in [1.165, 1.54) is 5.56 Å². The lowest BCUT2D eigenvalue weighted by Gasteiger charge is -2.12. The molecule has 0 saturated carbocycles. The van der Waals surface area contributed by atoms with E-state index < -0.39 is 0 Å². The molecular formula is C29H36N2O3. The number of esters is 1. The molecule has 0 saturated heterocycles. The number of carbonyl (C=O) groups excluding carboxylic acids is 1. The Morgan fingerprint density at radius 2 is 1.74 bits per heavy atom. The fourth-order valence-corrected chi connectivity index (χ4v) is 4.06. The van der Waals surface area contributed by atoms with E-state index in [0.717, 1.165) is 55.3 Å². The minimum Gasteiger partial charge on any atom is -0.507 e. The Hall–Kier alpha value is -3.34. The Morgan fingerprint density at radius 3 is 2.41 bits per heavy atom. The average molecular weight is 461 g/mol. The van der Waals surface area contributed by atoms with E-state index in [-0.39, 0.29) is 11.7 Å². The van der Waals surface area contributed by atoms with E-state index >= 15 is 0 Å². The topological polar surface area (TPSA) is 63.8 Å². The first-order valence-electron chi connectivity index (χ1n) is 12.3. The van der Waals surface area contributed by atoms with E-state index in [4.69, 9.17) is 9.84 Å². The van der Waals surface area contributed by atoms with Crippen LogP contribution in [0.5, 0.6) is 5.75 Å². The Labute approximate surface area is 203 Å². The van der Waals surface area contributed by atoms with E-state index in [1.54, 1.807) is 17.8 Å². The number of phenols is 1. The summed E-state index contributed by atoms with van der Waals surface area (Å²) in [5.74, 6) is -0.0773. The van der Waals surface area contributed by atoms with Gasteiger partial charge < -0.3 is 9.84 Å². The summed E-state index contributed by atoms with van der Waals surface area (Å²) in [7, 11) is 0. The summed E-state index contributed by atoms with van der Waals surface area (Å²) in [4.78, 5) is 12.6. The molecule has 2 aromatic carbocycles. The van der Waals surface area contributed by atoms with Crippen molar-refractivity contribution in [3.63, 3.8) is 0 Å². The van der Waals surface area contributed by atoms with Crippen molar-refractivity contribution in [2.24, 2.45) is 5.10 Å². The first kappa shape index (κ1) is 25.3. The summed E-state index contributed by atoms with van der Waals surface area (Å²) >= 11 is 0. The zero-order chi connectivity index (χ0) is 24.5. The molecule has 1 heterocycles. The fraction of sp³-hybridized carbons (Fsp3) is 0.379. The van der Waals surface area contributed by atoms with Crippen LogP contribution in [0.2, 0.25) is 0 Å². The van der Waals surface area contributed by atoms with Crippen LogP contribution in [0.15, 0.2) is 53.6 Å². The lowest BCUT2D eigenvalue weighted by Crippen LogP contribution is -2.06. The average Bonchev–Trinajstić information content (AvgIpc) is 3.18. The van der Waals surface area contributed by atoms with Gasteiger partial charge in [-0.3, -0.25) is 0 Å². The molecule has 0 aliphatic heterocycles. The van der Waals surface area contributed by atoms with Crippen LogP contribution in [-0.2, 0) is 17.6 Å². The van der Waals surface area contributed by atoms with Crippen molar-refractivity contribution in [2.45, 2.75) is 66.2 Å². The van der Waals surface area contributed by atoms with Gasteiger partial charge in [0.05, 0.1) is 29.8 Å². The largest absolute Gasteiger partial charge is 0.507 e. The number of carbonyl (C=O) groups is 1. The highest BCUT2D eigenvalue weighted by Crippen LogP contribution is 2.29. The molecule has 1 aromatic heterocycles. The van der Waals surface area contributed by atoms with Gasteiger partial charge in [0, 0.05) is 11.1 Å². The number of nitrogens with zero attached hydrogens (tertiary/aromatic N) is 2. The summed E-state index contributed by atoms with van der Waals surface area (Å²) in [6, 6.07) is 15.8. The predicted octanol–water partition coefficient (Wildman–Crippen LogP) is 6.91. The minimum atomic E-state index is -0.364. The van der Waals surface area contributed by atoms with Crippen LogP contribution in [0, 0.1) is 6.92 Å². The van der Waals surface area contributed by atoms with Crippen LogP contribution in [0.1, 0.15) is 79.2 Å². The highest BCUT2D eigenvalue weighted by molar-refractivity contribution is 5.93. The third-order valence-corrected chi connectivity index (χ3v) is 5.99. The molecular weight excluding hydrogens is 424 g/mol. The van der Waals surface area contributed by atoms with Gasteiger partial charge in [0.2, 0.25) is 0 Å². The van der Waals surface area contributed by atoms with Crippen molar-refractivity contribution in [1.29, 1.82) is 0 Å². The molecule has 0 aliphatic carbocycles. The first-order chi connectivity index (χ1) is 16.5. The summed E-state index contributed by atoms with van der Waals surface area (Å²) < 4.78 is 7.01. The summed E-state index contributed by atoms with van der Waals surface area (Å²) in [5.41, 5.74) is 5.81. The van der Waals surface area contributed by atoms with Gasteiger partial charge in [0.25, 0.3) is 0 Å². The molecule has 1 N–H and O–H groups in total. The Bertz CT molecular complexity index is 1130. The van der Waals surface area contributed by atoms with Gasteiger partial charge in [-0.1, -0.05) is 63.1 Å². The quantitative estimate of drug-likeness (QED) is 0.250. The maximum Gasteiger partial charge on any atom is 0.340 e. The molecule has 0 atom stereocenters. The molecule has 0 amide bonds. The number of ether oxygens (including phenoxy) is 1. The normalized spacial score (nSPS) is 11.3. The third kappa shape index (κ3) is 5.96.